The van der Waals surface area contributed by atoms with Crippen molar-refractivity contribution in [1.29, 1.82) is 0 Å². The van der Waals surface area contributed by atoms with Crippen molar-refractivity contribution in [2.24, 2.45) is 0 Å². The monoisotopic (exact) mass is 506 g/mol. The van der Waals surface area contributed by atoms with E-state index >= 15 is 0 Å². The van der Waals surface area contributed by atoms with E-state index < -0.39 is 47.8 Å². The van der Waals surface area contributed by atoms with Gasteiger partial charge in [0.1, 0.15) is 5.75 Å². The number of benzene rings is 2. The second-order valence-electron chi connectivity index (χ2n) is 7.21. The lowest BCUT2D eigenvalue weighted by Gasteiger charge is -2.15. The summed E-state index contributed by atoms with van der Waals surface area (Å²) in [6.45, 7) is 0.922. The van der Waals surface area contributed by atoms with E-state index in [1.807, 2.05) is 0 Å². The van der Waals surface area contributed by atoms with Gasteiger partial charge in [-0.1, -0.05) is 6.07 Å². The van der Waals surface area contributed by atoms with Crippen LogP contribution in [-0.4, -0.2) is 21.5 Å². The van der Waals surface area contributed by atoms with E-state index in [0.717, 1.165) is 10.2 Å². The Kier molecular flexibility index (Phi) is 7.34. The van der Waals surface area contributed by atoms with E-state index in [0.29, 0.717) is 5.69 Å². The lowest BCUT2D eigenvalue weighted by Crippen LogP contribution is -2.21. The molecule has 182 valence electrons. The Hall–Kier alpha value is -3.35. The van der Waals surface area contributed by atoms with Gasteiger partial charge in [-0.2, -0.15) is 13.9 Å². The minimum atomic E-state index is -3.06. The Morgan fingerprint density at radius 1 is 0.971 bits per heavy atom. The number of aromatic nitrogens is 2. The number of ether oxygens (including phenoxy) is 1. The van der Waals surface area contributed by atoms with Crippen molar-refractivity contribution in [3.63, 3.8) is 0 Å². The van der Waals surface area contributed by atoms with Crippen LogP contribution in [-0.2, 0) is 6.54 Å². The van der Waals surface area contributed by atoms with Gasteiger partial charge in [-0.05, 0) is 50.7 Å². The molecule has 0 amide bonds. The standard InChI is InChI=1S/C21H17F7N4OS/c1-8-4-5-13(33-20(27)28)12(6-8)29-21(34)30-19-9(2)31-32(10(19)3)7-11-14(22)16(24)18(26)17(25)15(11)23/h4-6,20H,7H2,1-3H3,(H2,29,30,34). The Morgan fingerprint density at radius 2 is 1.56 bits per heavy atom. The van der Waals surface area contributed by atoms with Crippen LogP contribution in [0.4, 0.5) is 42.1 Å². The molecule has 0 fully saturated rings. The predicted molar refractivity (Wildman–Crippen MR) is 115 cm³/mol. The van der Waals surface area contributed by atoms with Crippen LogP contribution < -0.4 is 15.4 Å². The molecule has 13 heteroatoms. The van der Waals surface area contributed by atoms with Crippen LogP contribution in [0.2, 0.25) is 0 Å². The molecular formula is C21H17F7N4OS. The summed E-state index contributed by atoms with van der Waals surface area (Å²) in [6.07, 6.45) is 0. The molecule has 5 nitrogen and oxygen atoms in total. The number of halogens is 7. The molecule has 0 spiro atoms. The first-order valence-electron chi connectivity index (χ1n) is 9.58. The topological polar surface area (TPSA) is 51.1 Å². The van der Waals surface area contributed by atoms with Gasteiger partial charge in [-0.15, -0.1) is 0 Å². The van der Waals surface area contributed by atoms with Crippen molar-refractivity contribution in [1.82, 2.24) is 9.78 Å². The second-order valence-corrected chi connectivity index (χ2v) is 7.62. The molecule has 0 bridgehead atoms. The van der Waals surface area contributed by atoms with Crippen LogP contribution in [0.3, 0.4) is 0 Å². The lowest BCUT2D eigenvalue weighted by molar-refractivity contribution is -0.0493. The van der Waals surface area contributed by atoms with Gasteiger partial charge in [0.25, 0.3) is 0 Å². The molecule has 34 heavy (non-hydrogen) atoms. The van der Waals surface area contributed by atoms with E-state index in [-0.39, 0.29) is 27.9 Å². The zero-order valence-corrected chi connectivity index (χ0v) is 18.7. The predicted octanol–water partition coefficient (Wildman–Crippen LogP) is 5.96. The number of aryl methyl sites for hydroxylation is 2. The van der Waals surface area contributed by atoms with Crippen molar-refractivity contribution in [3.05, 3.63) is 69.8 Å². The molecule has 3 aromatic rings. The van der Waals surface area contributed by atoms with E-state index in [4.69, 9.17) is 12.2 Å². The number of hydrogen-bond donors (Lipinski definition) is 2. The van der Waals surface area contributed by atoms with Gasteiger partial charge >= 0.3 is 6.61 Å². The smallest absolute Gasteiger partial charge is 0.387 e. The number of anilines is 2. The number of thiocarbonyl (C=S) groups is 1. The number of alkyl halides is 2. The van der Waals surface area contributed by atoms with Gasteiger partial charge in [-0.3, -0.25) is 4.68 Å². The fraction of sp³-hybridized carbons (Fsp3) is 0.238. The molecule has 0 saturated heterocycles. The van der Waals surface area contributed by atoms with Crippen molar-refractivity contribution in [3.8, 4) is 5.75 Å². The van der Waals surface area contributed by atoms with Gasteiger partial charge in [-0.25, -0.2) is 22.0 Å². The SMILES string of the molecule is Cc1ccc(OC(F)F)c(NC(=S)Nc2c(C)nn(Cc3c(F)c(F)c(F)c(F)c3F)c2C)c1. The van der Waals surface area contributed by atoms with Crippen LogP contribution in [0.25, 0.3) is 0 Å². The summed E-state index contributed by atoms with van der Waals surface area (Å²) in [5.41, 5.74) is 0.669. The number of nitrogens with one attached hydrogen (secondary N) is 2. The van der Waals surface area contributed by atoms with Gasteiger partial charge in [0.2, 0.25) is 5.82 Å². The molecule has 1 heterocycles. The maximum atomic E-state index is 14.1. The highest BCUT2D eigenvalue weighted by molar-refractivity contribution is 7.80. The average molecular weight is 506 g/mol. The summed E-state index contributed by atoms with van der Waals surface area (Å²) in [6, 6.07) is 4.43. The molecule has 2 aromatic carbocycles. The highest BCUT2D eigenvalue weighted by Gasteiger charge is 2.27. The van der Waals surface area contributed by atoms with Crippen molar-refractivity contribution < 1.29 is 35.5 Å². The van der Waals surface area contributed by atoms with E-state index in [1.54, 1.807) is 13.0 Å². The molecule has 0 atom stereocenters. The molecule has 0 aliphatic carbocycles. The van der Waals surface area contributed by atoms with Crippen LogP contribution in [0.15, 0.2) is 18.2 Å². The Bertz CT molecular complexity index is 1230. The number of hydrogen-bond acceptors (Lipinski definition) is 3. The molecule has 0 saturated carbocycles. The van der Waals surface area contributed by atoms with Gasteiger partial charge in [0.15, 0.2) is 28.4 Å². The van der Waals surface area contributed by atoms with Gasteiger partial charge < -0.3 is 15.4 Å². The third-order valence-corrected chi connectivity index (χ3v) is 5.03. The second kappa shape index (κ2) is 9.87. The van der Waals surface area contributed by atoms with Crippen molar-refractivity contribution in [2.45, 2.75) is 33.9 Å². The Labute approximate surface area is 194 Å². The molecule has 0 unspecified atom stereocenters. The fourth-order valence-corrected chi connectivity index (χ4v) is 3.39. The zero-order valence-electron chi connectivity index (χ0n) is 17.9. The van der Waals surface area contributed by atoms with Gasteiger partial charge in [0.05, 0.1) is 34.9 Å². The van der Waals surface area contributed by atoms with Crippen molar-refractivity contribution >= 4 is 28.7 Å². The van der Waals surface area contributed by atoms with Crippen LogP contribution in [0.1, 0.15) is 22.5 Å². The zero-order chi connectivity index (χ0) is 25.3. The molecular weight excluding hydrogens is 489 g/mol. The molecule has 0 aliphatic rings. The molecule has 0 aliphatic heterocycles. The molecule has 3 rings (SSSR count). The lowest BCUT2D eigenvalue weighted by atomic mass is 10.1. The van der Waals surface area contributed by atoms with Crippen molar-refractivity contribution in [2.75, 3.05) is 10.6 Å². The molecule has 1 aromatic heterocycles. The maximum Gasteiger partial charge on any atom is 0.387 e. The minimum Gasteiger partial charge on any atom is -0.433 e. The Balaban J connectivity index is 1.85. The minimum absolute atomic E-state index is 0.0494. The highest BCUT2D eigenvalue weighted by atomic mass is 32.1. The number of rotatable bonds is 6. The highest BCUT2D eigenvalue weighted by Crippen LogP contribution is 2.29. The quantitative estimate of drug-likeness (QED) is 0.187. The van der Waals surface area contributed by atoms with Crippen LogP contribution >= 0.6 is 12.2 Å². The van der Waals surface area contributed by atoms with E-state index in [2.05, 4.69) is 20.5 Å². The first-order valence-corrected chi connectivity index (χ1v) is 9.99. The summed E-state index contributed by atoms with van der Waals surface area (Å²) in [4.78, 5) is 0. The summed E-state index contributed by atoms with van der Waals surface area (Å²) >= 11 is 5.22. The third-order valence-electron chi connectivity index (χ3n) is 4.83. The molecule has 2 N–H and O–H groups in total. The maximum absolute atomic E-state index is 14.1. The first kappa shape index (κ1) is 25.3. The average Bonchev–Trinajstić information content (AvgIpc) is 3.02. The van der Waals surface area contributed by atoms with Gasteiger partial charge in [0, 0.05) is 0 Å². The summed E-state index contributed by atoms with van der Waals surface area (Å²) in [5.74, 6) is -10.4. The summed E-state index contributed by atoms with van der Waals surface area (Å²) in [5, 5.41) is 9.54. The summed E-state index contributed by atoms with van der Waals surface area (Å²) in [7, 11) is 0. The molecule has 0 radical (unpaired) electrons. The van der Waals surface area contributed by atoms with E-state index in [9.17, 15) is 30.7 Å². The third kappa shape index (κ3) is 5.08. The normalized spacial score (nSPS) is 11.1. The first-order chi connectivity index (χ1) is 15.9. The Morgan fingerprint density at radius 3 is 2.15 bits per heavy atom. The largest absolute Gasteiger partial charge is 0.433 e. The van der Waals surface area contributed by atoms with Crippen LogP contribution in [0, 0.1) is 49.9 Å². The van der Waals surface area contributed by atoms with Crippen LogP contribution in [0.5, 0.6) is 5.75 Å². The van der Waals surface area contributed by atoms with E-state index in [1.165, 1.54) is 26.0 Å². The summed E-state index contributed by atoms with van der Waals surface area (Å²) < 4.78 is 99.3. The number of nitrogens with zero attached hydrogens (tertiary/aromatic N) is 2. The fourth-order valence-electron chi connectivity index (χ4n) is 3.18.